The Hall–Kier alpha value is -3.06. The molecule has 0 radical (unpaired) electrons. The summed E-state index contributed by atoms with van der Waals surface area (Å²) in [6.07, 6.45) is 2.02. The van der Waals surface area contributed by atoms with E-state index in [1.165, 1.54) is 9.80 Å². The first-order valence-corrected chi connectivity index (χ1v) is 9.94. The van der Waals surface area contributed by atoms with Gasteiger partial charge in [-0.05, 0) is 30.0 Å². The van der Waals surface area contributed by atoms with Crippen LogP contribution in [0, 0.1) is 0 Å². The van der Waals surface area contributed by atoms with Gasteiger partial charge in [-0.25, -0.2) is 4.79 Å². The summed E-state index contributed by atoms with van der Waals surface area (Å²) in [5.74, 6) is -0.883. The molecule has 1 amide bonds. The molecule has 1 heterocycles. The number of hydrogen-bond acceptors (Lipinski definition) is 5. The summed E-state index contributed by atoms with van der Waals surface area (Å²) in [5.41, 5.74) is 2.76. The number of amides is 1. The van der Waals surface area contributed by atoms with Gasteiger partial charge < -0.3 is 9.64 Å². The van der Waals surface area contributed by atoms with Crippen molar-refractivity contribution in [2.24, 2.45) is 0 Å². The summed E-state index contributed by atoms with van der Waals surface area (Å²) in [4.78, 5) is 27.1. The van der Waals surface area contributed by atoms with E-state index in [4.69, 9.17) is 4.74 Å². The minimum Gasteiger partial charge on any atom is -0.451 e. The lowest BCUT2D eigenvalue weighted by molar-refractivity contribution is -0.133. The topological polar surface area (TPSA) is 75.3 Å². The molecule has 1 N–H and O–H groups in total. The summed E-state index contributed by atoms with van der Waals surface area (Å²) >= 11 is 1.67. The van der Waals surface area contributed by atoms with Crippen LogP contribution in [-0.4, -0.2) is 46.9 Å². The van der Waals surface area contributed by atoms with E-state index in [9.17, 15) is 9.59 Å². The van der Waals surface area contributed by atoms with Gasteiger partial charge in [-0.1, -0.05) is 42.5 Å². The Balaban J connectivity index is 1.52. The average molecular weight is 395 g/mol. The minimum atomic E-state index is -0.610. The number of benzene rings is 2. The van der Waals surface area contributed by atoms with Gasteiger partial charge in [0.25, 0.3) is 5.91 Å². The summed E-state index contributed by atoms with van der Waals surface area (Å²) < 4.78 is 5.13. The van der Waals surface area contributed by atoms with E-state index in [0.717, 1.165) is 11.1 Å². The number of aromatic amines is 1. The molecule has 2 aromatic carbocycles. The lowest BCUT2D eigenvalue weighted by Crippen LogP contribution is -2.30. The van der Waals surface area contributed by atoms with E-state index in [2.05, 4.69) is 10.2 Å². The maximum atomic E-state index is 12.3. The standard InChI is InChI=1S/C21H21N3O3S/c1-24(13-15-8-10-17(28-2)11-9-15)20(25)14-27-21(26)19-12-18(22-23-19)16-6-4-3-5-7-16/h3-12H,13-14H2,1-2H3,(H,22,23). The Morgan fingerprint density at radius 2 is 1.82 bits per heavy atom. The van der Waals surface area contributed by atoms with Crippen LogP contribution in [0.3, 0.4) is 0 Å². The fraction of sp³-hybridized carbons (Fsp3) is 0.190. The van der Waals surface area contributed by atoms with Crippen molar-refractivity contribution in [3.8, 4) is 11.3 Å². The number of thioether (sulfide) groups is 1. The lowest BCUT2D eigenvalue weighted by Gasteiger charge is -2.17. The first-order chi connectivity index (χ1) is 13.6. The van der Waals surface area contributed by atoms with Crippen LogP contribution in [0.4, 0.5) is 0 Å². The number of nitrogens with zero attached hydrogens (tertiary/aromatic N) is 2. The SMILES string of the molecule is CSc1ccc(CN(C)C(=O)COC(=O)c2cc(-c3ccccc3)n[nH]2)cc1. The van der Waals surface area contributed by atoms with Crippen LogP contribution >= 0.6 is 11.8 Å². The van der Waals surface area contributed by atoms with Crippen LogP contribution in [-0.2, 0) is 16.1 Å². The fourth-order valence-electron chi connectivity index (χ4n) is 2.59. The number of likely N-dealkylation sites (N-methyl/N-ethyl adjacent to an activating group) is 1. The zero-order valence-corrected chi connectivity index (χ0v) is 16.5. The van der Waals surface area contributed by atoms with Crippen molar-refractivity contribution in [3.63, 3.8) is 0 Å². The van der Waals surface area contributed by atoms with E-state index in [1.807, 2.05) is 60.9 Å². The summed E-state index contributed by atoms with van der Waals surface area (Å²) in [6.45, 7) is 0.130. The Morgan fingerprint density at radius 1 is 1.11 bits per heavy atom. The molecule has 1 aromatic heterocycles. The number of esters is 1. The van der Waals surface area contributed by atoms with Crippen LogP contribution < -0.4 is 0 Å². The molecule has 0 aliphatic rings. The summed E-state index contributed by atoms with van der Waals surface area (Å²) in [7, 11) is 1.68. The second kappa shape index (κ2) is 9.23. The van der Waals surface area contributed by atoms with Gasteiger partial charge in [0.1, 0.15) is 5.69 Å². The van der Waals surface area contributed by atoms with E-state index in [0.29, 0.717) is 12.2 Å². The maximum Gasteiger partial charge on any atom is 0.356 e. The van der Waals surface area contributed by atoms with Gasteiger partial charge in [0.2, 0.25) is 0 Å². The Kier molecular flexibility index (Phi) is 6.49. The van der Waals surface area contributed by atoms with Gasteiger partial charge in [-0.15, -0.1) is 11.8 Å². The van der Waals surface area contributed by atoms with E-state index in [-0.39, 0.29) is 18.2 Å². The smallest absolute Gasteiger partial charge is 0.356 e. The number of ether oxygens (including phenoxy) is 1. The number of aromatic nitrogens is 2. The number of carbonyl (C=O) groups is 2. The van der Waals surface area contributed by atoms with Gasteiger partial charge >= 0.3 is 5.97 Å². The molecule has 0 saturated carbocycles. The predicted octanol–water partition coefficient (Wildman–Crippen LogP) is 3.61. The molecular formula is C21H21N3O3S. The fourth-order valence-corrected chi connectivity index (χ4v) is 3.00. The van der Waals surface area contributed by atoms with Crippen molar-refractivity contribution >= 4 is 23.6 Å². The van der Waals surface area contributed by atoms with Crippen molar-refractivity contribution < 1.29 is 14.3 Å². The number of H-pyrrole nitrogens is 1. The van der Waals surface area contributed by atoms with Crippen LogP contribution in [0.2, 0.25) is 0 Å². The third kappa shape index (κ3) is 5.01. The van der Waals surface area contributed by atoms with Crippen molar-refractivity contribution in [1.82, 2.24) is 15.1 Å². The molecule has 0 unspecified atom stereocenters. The van der Waals surface area contributed by atoms with Crippen molar-refractivity contribution in [2.75, 3.05) is 19.9 Å². The highest BCUT2D eigenvalue weighted by Crippen LogP contribution is 2.17. The Labute approximate surface area is 167 Å². The molecule has 0 spiro atoms. The molecule has 28 heavy (non-hydrogen) atoms. The van der Waals surface area contributed by atoms with Crippen LogP contribution in [0.15, 0.2) is 65.6 Å². The second-order valence-electron chi connectivity index (χ2n) is 6.21. The van der Waals surface area contributed by atoms with Gasteiger partial charge in [-0.2, -0.15) is 5.10 Å². The van der Waals surface area contributed by atoms with Gasteiger partial charge in [-0.3, -0.25) is 9.89 Å². The van der Waals surface area contributed by atoms with Crippen molar-refractivity contribution in [3.05, 3.63) is 71.9 Å². The number of carbonyl (C=O) groups excluding carboxylic acids is 2. The minimum absolute atomic E-state index is 0.210. The molecule has 0 bridgehead atoms. The quantitative estimate of drug-likeness (QED) is 0.489. The molecule has 6 nitrogen and oxygen atoms in total. The highest BCUT2D eigenvalue weighted by atomic mass is 32.2. The number of rotatable bonds is 7. The van der Waals surface area contributed by atoms with Crippen LogP contribution in [0.1, 0.15) is 16.1 Å². The molecule has 0 saturated heterocycles. The van der Waals surface area contributed by atoms with Crippen molar-refractivity contribution in [1.29, 1.82) is 0 Å². The van der Waals surface area contributed by atoms with Crippen LogP contribution in [0.25, 0.3) is 11.3 Å². The summed E-state index contributed by atoms with van der Waals surface area (Å²) in [6, 6.07) is 19.1. The molecule has 7 heteroatoms. The monoisotopic (exact) mass is 395 g/mol. The lowest BCUT2D eigenvalue weighted by atomic mass is 10.1. The molecule has 0 atom stereocenters. The molecule has 144 valence electrons. The predicted molar refractivity (Wildman–Crippen MR) is 109 cm³/mol. The molecule has 0 aliphatic carbocycles. The zero-order chi connectivity index (χ0) is 19.9. The Bertz CT molecular complexity index is 939. The van der Waals surface area contributed by atoms with Gasteiger partial charge in [0, 0.05) is 24.1 Å². The summed E-state index contributed by atoms with van der Waals surface area (Å²) in [5, 5.41) is 6.77. The highest BCUT2D eigenvalue weighted by Gasteiger charge is 2.16. The van der Waals surface area contributed by atoms with Gasteiger partial charge in [0.05, 0.1) is 5.69 Å². The maximum absolute atomic E-state index is 12.3. The zero-order valence-electron chi connectivity index (χ0n) is 15.7. The third-order valence-corrected chi connectivity index (χ3v) is 4.94. The van der Waals surface area contributed by atoms with E-state index >= 15 is 0 Å². The molecule has 0 fully saturated rings. The number of nitrogens with one attached hydrogen (secondary N) is 1. The second-order valence-corrected chi connectivity index (χ2v) is 7.09. The largest absolute Gasteiger partial charge is 0.451 e. The van der Waals surface area contributed by atoms with Crippen LogP contribution in [0.5, 0.6) is 0 Å². The molecule has 3 aromatic rings. The normalized spacial score (nSPS) is 10.5. The molecular weight excluding hydrogens is 374 g/mol. The van der Waals surface area contributed by atoms with E-state index < -0.39 is 5.97 Å². The first kappa shape index (κ1) is 19.7. The van der Waals surface area contributed by atoms with E-state index in [1.54, 1.807) is 24.9 Å². The highest BCUT2D eigenvalue weighted by molar-refractivity contribution is 7.98. The average Bonchev–Trinajstić information content (AvgIpc) is 3.23. The third-order valence-electron chi connectivity index (χ3n) is 4.20. The van der Waals surface area contributed by atoms with Crippen molar-refractivity contribution in [2.45, 2.75) is 11.4 Å². The van der Waals surface area contributed by atoms with Gasteiger partial charge in [0.15, 0.2) is 6.61 Å². The number of hydrogen-bond donors (Lipinski definition) is 1. The molecule has 0 aliphatic heterocycles. The first-order valence-electron chi connectivity index (χ1n) is 8.71. The Morgan fingerprint density at radius 3 is 2.50 bits per heavy atom. The molecule has 3 rings (SSSR count).